The number of rotatable bonds is 3. The number of likely N-dealkylation sites (tertiary alicyclic amines) is 1. The predicted molar refractivity (Wildman–Crippen MR) is 104 cm³/mol. The van der Waals surface area contributed by atoms with Crippen molar-refractivity contribution in [2.45, 2.75) is 63.5 Å². The van der Waals surface area contributed by atoms with Crippen LogP contribution in [0.15, 0.2) is 24.3 Å². The Labute approximate surface area is 161 Å². The predicted octanol–water partition coefficient (Wildman–Crippen LogP) is 4.22. The number of carbonyl (C=O) groups is 1. The third-order valence-electron chi connectivity index (χ3n) is 6.26. The molecule has 2 aliphatic heterocycles. The number of hydrogen-bond acceptors (Lipinski definition) is 2. The van der Waals surface area contributed by atoms with Crippen LogP contribution in [0.2, 0.25) is 5.02 Å². The third kappa shape index (κ3) is 3.99. The summed E-state index contributed by atoms with van der Waals surface area (Å²) in [4.78, 5) is 15.7. The number of halogens is 2. The van der Waals surface area contributed by atoms with Gasteiger partial charge in [0.1, 0.15) is 0 Å². The van der Waals surface area contributed by atoms with Crippen LogP contribution < -0.4 is 5.32 Å². The third-order valence-corrected chi connectivity index (χ3v) is 6.49. The standard InChI is InChI=1S/C20H27ClN2O.ClH/c21-16-5-3-4-15(12-16)13-20(9-1-2-10-20)19(24)23-11-8-17-6-7-18(14-23)22-17;/h3-5,12,17-18,22H,1-2,6-11,13-14H2;1H. The summed E-state index contributed by atoms with van der Waals surface area (Å²) < 4.78 is 0. The molecule has 1 aromatic carbocycles. The van der Waals surface area contributed by atoms with Crippen molar-refractivity contribution in [1.82, 2.24) is 10.2 Å². The maximum absolute atomic E-state index is 13.5. The van der Waals surface area contributed by atoms with Gasteiger partial charge in [-0.2, -0.15) is 0 Å². The van der Waals surface area contributed by atoms with E-state index in [1.165, 1.54) is 31.2 Å². The molecule has 3 aliphatic rings. The average molecular weight is 383 g/mol. The van der Waals surface area contributed by atoms with Crippen molar-refractivity contribution >= 4 is 29.9 Å². The van der Waals surface area contributed by atoms with E-state index < -0.39 is 0 Å². The zero-order valence-corrected chi connectivity index (χ0v) is 16.2. The smallest absolute Gasteiger partial charge is 0.229 e. The van der Waals surface area contributed by atoms with Crippen LogP contribution in [0.4, 0.5) is 0 Å². The fraction of sp³-hybridized carbons (Fsp3) is 0.650. The summed E-state index contributed by atoms with van der Waals surface area (Å²) in [6, 6.07) is 9.18. The van der Waals surface area contributed by atoms with E-state index in [1.54, 1.807) is 0 Å². The molecule has 2 heterocycles. The van der Waals surface area contributed by atoms with Crippen molar-refractivity contribution in [2.24, 2.45) is 5.41 Å². The van der Waals surface area contributed by atoms with E-state index in [4.69, 9.17) is 11.6 Å². The second-order valence-electron chi connectivity index (χ2n) is 7.97. The van der Waals surface area contributed by atoms with Gasteiger partial charge in [0.2, 0.25) is 5.91 Å². The first-order valence-corrected chi connectivity index (χ1v) is 9.82. The number of benzene rings is 1. The summed E-state index contributed by atoms with van der Waals surface area (Å²) in [5.74, 6) is 0.398. The van der Waals surface area contributed by atoms with Gasteiger partial charge in [0, 0.05) is 30.2 Å². The Bertz CT molecular complexity index is 615. The van der Waals surface area contributed by atoms with Gasteiger partial charge in [-0.1, -0.05) is 36.6 Å². The lowest BCUT2D eigenvalue weighted by atomic mass is 9.78. The number of nitrogens with one attached hydrogen (secondary N) is 1. The lowest BCUT2D eigenvalue weighted by Gasteiger charge is -2.35. The van der Waals surface area contributed by atoms with Gasteiger partial charge in [-0.3, -0.25) is 4.79 Å². The number of hydrogen-bond donors (Lipinski definition) is 1. The van der Waals surface area contributed by atoms with E-state index in [2.05, 4.69) is 16.3 Å². The molecule has 1 N–H and O–H groups in total. The number of nitrogens with zero attached hydrogens (tertiary/aromatic N) is 1. The van der Waals surface area contributed by atoms with Gasteiger partial charge in [0.15, 0.2) is 0 Å². The highest BCUT2D eigenvalue weighted by atomic mass is 35.5. The topological polar surface area (TPSA) is 32.3 Å². The second-order valence-corrected chi connectivity index (χ2v) is 8.41. The Morgan fingerprint density at radius 2 is 1.96 bits per heavy atom. The minimum Gasteiger partial charge on any atom is -0.341 e. The first-order valence-electron chi connectivity index (χ1n) is 9.45. The van der Waals surface area contributed by atoms with E-state index in [9.17, 15) is 4.79 Å². The molecular weight excluding hydrogens is 355 g/mol. The fourth-order valence-corrected chi connectivity index (χ4v) is 5.23. The van der Waals surface area contributed by atoms with Crippen molar-refractivity contribution < 1.29 is 4.79 Å². The SMILES string of the molecule is Cl.O=C(N1CCC2CCC(C1)N2)C1(Cc2cccc(Cl)c2)CCCC1. The molecule has 4 rings (SSSR count). The Morgan fingerprint density at radius 1 is 1.20 bits per heavy atom. The molecule has 3 nitrogen and oxygen atoms in total. The molecule has 2 atom stereocenters. The van der Waals surface area contributed by atoms with E-state index >= 15 is 0 Å². The molecule has 2 unspecified atom stereocenters. The molecule has 138 valence electrons. The zero-order chi connectivity index (χ0) is 16.6. The summed E-state index contributed by atoms with van der Waals surface area (Å²) in [7, 11) is 0. The van der Waals surface area contributed by atoms with E-state index in [-0.39, 0.29) is 17.8 Å². The minimum absolute atomic E-state index is 0. The molecule has 1 aromatic rings. The minimum atomic E-state index is -0.200. The summed E-state index contributed by atoms with van der Waals surface area (Å²) in [6.45, 7) is 1.82. The molecule has 3 fully saturated rings. The lowest BCUT2D eigenvalue weighted by Crippen LogP contribution is -2.47. The molecule has 0 radical (unpaired) electrons. The first-order chi connectivity index (χ1) is 11.6. The van der Waals surface area contributed by atoms with Crippen LogP contribution in [0.3, 0.4) is 0 Å². The van der Waals surface area contributed by atoms with Crippen LogP contribution in [0.5, 0.6) is 0 Å². The van der Waals surface area contributed by atoms with Crippen molar-refractivity contribution in [3.05, 3.63) is 34.9 Å². The molecule has 1 amide bonds. The molecular formula is C20H28Cl2N2O. The van der Waals surface area contributed by atoms with Crippen LogP contribution in [-0.2, 0) is 11.2 Å². The van der Waals surface area contributed by atoms with Gasteiger partial charge >= 0.3 is 0 Å². The molecule has 5 heteroatoms. The molecule has 1 saturated carbocycles. The maximum atomic E-state index is 13.5. The number of fused-ring (bicyclic) bond motifs is 2. The molecule has 25 heavy (non-hydrogen) atoms. The number of amides is 1. The molecule has 2 bridgehead atoms. The monoisotopic (exact) mass is 382 g/mol. The molecule has 1 aliphatic carbocycles. The van der Waals surface area contributed by atoms with Crippen LogP contribution >= 0.6 is 24.0 Å². The van der Waals surface area contributed by atoms with Gasteiger partial charge in [-0.15, -0.1) is 12.4 Å². The normalized spacial score (nSPS) is 27.6. The maximum Gasteiger partial charge on any atom is 0.229 e. The van der Waals surface area contributed by atoms with Gasteiger partial charge in [0.25, 0.3) is 0 Å². The van der Waals surface area contributed by atoms with Crippen LogP contribution in [-0.4, -0.2) is 36.0 Å². The lowest BCUT2D eigenvalue weighted by molar-refractivity contribution is -0.142. The Morgan fingerprint density at radius 3 is 2.72 bits per heavy atom. The van der Waals surface area contributed by atoms with Gasteiger partial charge in [-0.05, 0) is 56.2 Å². The average Bonchev–Trinajstić information content (AvgIpc) is 3.14. The summed E-state index contributed by atoms with van der Waals surface area (Å²) >= 11 is 6.16. The summed E-state index contributed by atoms with van der Waals surface area (Å²) in [5, 5.41) is 4.45. The van der Waals surface area contributed by atoms with Gasteiger partial charge in [0.05, 0.1) is 5.41 Å². The quantitative estimate of drug-likeness (QED) is 0.848. The van der Waals surface area contributed by atoms with Crippen molar-refractivity contribution in [2.75, 3.05) is 13.1 Å². The van der Waals surface area contributed by atoms with Crippen molar-refractivity contribution in [3.8, 4) is 0 Å². The summed E-state index contributed by atoms with van der Waals surface area (Å²) in [5.41, 5.74) is 1.00. The second kappa shape index (κ2) is 7.85. The molecule has 0 aromatic heterocycles. The largest absolute Gasteiger partial charge is 0.341 e. The van der Waals surface area contributed by atoms with E-state index in [0.717, 1.165) is 43.8 Å². The van der Waals surface area contributed by atoms with Crippen LogP contribution in [0, 0.1) is 5.41 Å². The fourth-order valence-electron chi connectivity index (χ4n) is 5.02. The Hall–Kier alpha value is -0.770. The highest BCUT2D eigenvalue weighted by Crippen LogP contribution is 2.43. The van der Waals surface area contributed by atoms with Crippen LogP contribution in [0.1, 0.15) is 50.5 Å². The highest BCUT2D eigenvalue weighted by molar-refractivity contribution is 6.30. The van der Waals surface area contributed by atoms with E-state index in [1.807, 2.05) is 18.2 Å². The van der Waals surface area contributed by atoms with Crippen molar-refractivity contribution in [1.29, 1.82) is 0 Å². The van der Waals surface area contributed by atoms with Crippen molar-refractivity contribution in [3.63, 3.8) is 0 Å². The Balaban J connectivity index is 0.00000182. The van der Waals surface area contributed by atoms with Gasteiger partial charge < -0.3 is 10.2 Å². The van der Waals surface area contributed by atoms with Crippen LogP contribution in [0.25, 0.3) is 0 Å². The summed E-state index contributed by atoms with van der Waals surface area (Å²) in [6.07, 6.45) is 8.83. The first kappa shape index (κ1) is 19.0. The number of carbonyl (C=O) groups excluding carboxylic acids is 1. The van der Waals surface area contributed by atoms with Gasteiger partial charge in [-0.25, -0.2) is 0 Å². The molecule has 2 saturated heterocycles. The highest BCUT2D eigenvalue weighted by Gasteiger charge is 2.44. The van der Waals surface area contributed by atoms with E-state index in [0.29, 0.717) is 18.0 Å². The molecule has 0 spiro atoms. The zero-order valence-electron chi connectivity index (χ0n) is 14.7. The Kier molecular flexibility index (Phi) is 5.97.